The fraction of sp³-hybridized carbons (Fsp3) is 0.0556. The van der Waals surface area contributed by atoms with Gasteiger partial charge < -0.3 is 0 Å². The van der Waals surface area contributed by atoms with E-state index in [0.717, 1.165) is 11.1 Å². The smallest absolute Gasteiger partial charge is 0.267 e. The van der Waals surface area contributed by atoms with E-state index in [1.807, 2.05) is 48.7 Å². The van der Waals surface area contributed by atoms with E-state index in [-0.39, 0.29) is 5.56 Å². The minimum Gasteiger partial charge on any atom is -0.267 e. The summed E-state index contributed by atoms with van der Waals surface area (Å²) in [6.45, 7) is 0. The zero-order valence-corrected chi connectivity index (χ0v) is 15.5. The quantitative estimate of drug-likeness (QED) is 0.504. The molecule has 0 saturated heterocycles. The first-order chi connectivity index (χ1) is 12.2. The van der Waals surface area contributed by atoms with E-state index in [2.05, 4.69) is 10.2 Å². The monoisotopic (exact) mass is 385 g/mol. The van der Waals surface area contributed by atoms with Gasteiger partial charge in [0.1, 0.15) is 0 Å². The summed E-state index contributed by atoms with van der Waals surface area (Å²) in [7, 11) is 0. The predicted octanol–water partition coefficient (Wildman–Crippen LogP) is 3.74. The first kappa shape index (κ1) is 16.3. The lowest BCUT2D eigenvalue weighted by Crippen LogP contribution is -2.23. The molecule has 2 aromatic carbocycles. The second kappa shape index (κ2) is 6.63. The van der Waals surface area contributed by atoms with E-state index < -0.39 is 0 Å². The number of aromatic nitrogens is 3. The summed E-state index contributed by atoms with van der Waals surface area (Å²) >= 11 is 8.95. The van der Waals surface area contributed by atoms with Crippen LogP contribution < -0.4 is 10.1 Å². The van der Waals surface area contributed by atoms with Crippen molar-refractivity contribution >= 4 is 45.7 Å². The van der Waals surface area contributed by atoms with Crippen molar-refractivity contribution in [1.29, 1.82) is 0 Å². The molecule has 0 amide bonds. The number of fused-ring (bicyclic) bond motifs is 1. The number of hydrogen-bond acceptors (Lipinski definition) is 5. The van der Waals surface area contributed by atoms with Crippen molar-refractivity contribution in [2.75, 3.05) is 6.26 Å². The van der Waals surface area contributed by atoms with Gasteiger partial charge >= 0.3 is 0 Å². The largest absolute Gasteiger partial charge is 0.276 e. The fourth-order valence-electron chi connectivity index (χ4n) is 2.50. The Kier molecular flexibility index (Phi) is 4.33. The van der Waals surface area contributed by atoms with Gasteiger partial charge in [-0.25, -0.2) is 4.40 Å². The number of rotatable bonds is 3. The van der Waals surface area contributed by atoms with Crippen molar-refractivity contribution in [3.8, 4) is 11.4 Å². The van der Waals surface area contributed by atoms with Crippen LogP contribution in [0.25, 0.3) is 22.4 Å². The molecule has 4 rings (SSSR count). The van der Waals surface area contributed by atoms with Crippen LogP contribution in [0.5, 0.6) is 0 Å². The Labute approximate surface area is 156 Å². The fourth-order valence-corrected chi connectivity index (χ4v) is 3.95. The van der Waals surface area contributed by atoms with E-state index in [1.165, 1.54) is 16.2 Å². The number of thiazole rings is 1. The molecule has 25 heavy (non-hydrogen) atoms. The number of halogens is 1. The Hall–Kier alpha value is -2.15. The first-order valence-electron chi connectivity index (χ1n) is 7.45. The highest BCUT2D eigenvalue weighted by molar-refractivity contribution is 7.98. The molecule has 0 N–H and O–H groups in total. The standard InChI is InChI=1S/C18H12ClN3OS2/c1-24-14-8-2-11(3-9-14)10-15-17(23)22-16(20-21-18(22)25-15)12-4-6-13(19)7-5-12/h2-10H,1H3. The molecule has 0 unspecified atom stereocenters. The van der Waals surface area contributed by atoms with Crippen LogP contribution in [-0.2, 0) is 0 Å². The SMILES string of the molecule is CSc1ccc(C=c2sc3nnc(-c4ccc(Cl)cc4)n3c2=O)cc1. The van der Waals surface area contributed by atoms with Gasteiger partial charge in [0.25, 0.3) is 5.56 Å². The molecule has 0 aliphatic carbocycles. The molecule has 7 heteroatoms. The van der Waals surface area contributed by atoms with Crippen LogP contribution in [0.2, 0.25) is 5.02 Å². The average molecular weight is 386 g/mol. The van der Waals surface area contributed by atoms with E-state index >= 15 is 0 Å². The van der Waals surface area contributed by atoms with E-state index in [4.69, 9.17) is 11.6 Å². The zero-order chi connectivity index (χ0) is 17.4. The maximum absolute atomic E-state index is 12.8. The average Bonchev–Trinajstić information content (AvgIpc) is 3.17. The molecule has 0 bridgehead atoms. The van der Waals surface area contributed by atoms with Gasteiger partial charge in [0.2, 0.25) is 4.96 Å². The number of benzene rings is 2. The highest BCUT2D eigenvalue weighted by atomic mass is 35.5. The van der Waals surface area contributed by atoms with Crippen LogP contribution in [0.4, 0.5) is 0 Å². The van der Waals surface area contributed by atoms with Gasteiger partial charge in [0.15, 0.2) is 5.82 Å². The van der Waals surface area contributed by atoms with Crippen molar-refractivity contribution < 1.29 is 0 Å². The Morgan fingerprint density at radius 1 is 1.08 bits per heavy atom. The van der Waals surface area contributed by atoms with E-state index in [9.17, 15) is 4.79 Å². The van der Waals surface area contributed by atoms with Crippen molar-refractivity contribution in [3.63, 3.8) is 0 Å². The maximum Gasteiger partial charge on any atom is 0.276 e. The molecule has 0 saturated carbocycles. The summed E-state index contributed by atoms with van der Waals surface area (Å²) in [4.78, 5) is 14.6. The van der Waals surface area contributed by atoms with Gasteiger partial charge in [0, 0.05) is 15.5 Å². The maximum atomic E-state index is 12.8. The molecule has 0 fully saturated rings. The first-order valence-corrected chi connectivity index (χ1v) is 9.87. The molecule has 4 nitrogen and oxygen atoms in total. The van der Waals surface area contributed by atoms with Crippen molar-refractivity contribution in [2.45, 2.75) is 4.90 Å². The molecular formula is C18H12ClN3OS2. The van der Waals surface area contributed by atoms with Gasteiger partial charge in [0.05, 0.1) is 4.53 Å². The van der Waals surface area contributed by atoms with Crippen LogP contribution in [0.15, 0.2) is 58.2 Å². The molecule has 0 aliphatic heterocycles. The minimum atomic E-state index is -0.108. The lowest BCUT2D eigenvalue weighted by molar-refractivity contribution is 1.09. The third-order valence-electron chi connectivity index (χ3n) is 3.76. The molecule has 2 heterocycles. The Bertz CT molecular complexity index is 1150. The molecule has 0 spiro atoms. The second-order valence-corrected chi connectivity index (χ2v) is 7.66. The van der Waals surface area contributed by atoms with Gasteiger partial charge in [-0.1, -0.05) is 35.1 Å². The highest BCUT2D eigenvalue weighted by Crippen LogP contribution is 2.20. The molecule has 2 aromatic heterocycles. The molecule has 0 atom stereocenters. The lowest BCUT2D eigenvalue weighted by atomic mass is 10.2. The van der Waals surface area contributed by atoms with Crippen LogP contribution in [-0.4, -0.2) is 20.9 Å². The normalized spacial score (nSPS) is 12.2. The van der Waals surface area contributed by atoms with Crippen molar-refractivity contribution in [1.82, 2.24) is 14.6 Å². The Balaban J connectivity index is 1.84. The molecule has 124 valence electrons. The molecule has 0 aliphatic rings. The zero-order valence-electron chi connectivity index (χ0n) is 13.1. The van der Waals surface area contributed by atoms with Crippen LogP contribution in [0.1, 0.15) is 5.56 Å². The Morgan fingerprint density at radius 2 is 1.80 bits per heavy atom. The molecule has 0 radical (unpaired) electrons. The van der Waals surface area contributed by atoms with Gasteiger partial charge in [-0.05, 0) is 54.3 Å². The molecular weight excluding hydrogens is 374 g/mol. The van der Waals surface area contributed by atoms with Crippen LogP contribution in [0, 0.1) is 0 Å². The summed E-state index contributed by atoms with van der Waals surface area (Å²) in [6.07, 6.45) is 3.92. The van der Waals surface area contributed by atoms with Crippen LogP contribution >= 0.6 is 34.7 Å². The summed E-state index contributed by atoms with van der Waals surface area (Å²) in [5.41, 5.74) is 1.69. The Morgan fingerprint density at radius 3 is 2.48 bits per heavy atom. The van der Waals surface area contributed by atoms with E-state index in [0.29, 0.717) is 20.3 Å². The van der Waals surface area contributed by atoms with Crippen molar-refractivity contribution in [3.05, 3.63) is 74.0 Å². The lowest BCUT2D eigenvalue weighted by Gasteiger charge is -1.97. The topological polar surface area (TPSA) is 47.3 Å². The highest BCUT2D eigenvalue weighted by Gasteiger charge is 2.14. The van der Waals surface area contributed by atoms with Gasteiger partial charge in [-0.2, -0.15) is 0 Å². The minimum absolute atomic E-state index is 0.108. The second-order valence-electron chi connectivity index (χ2n) is 5.34. The summed E-state index contributed by atoms with van der Waals surface area (Å²) in [5, 5.41) is 8.93. The van der Waals surface area contributed by atoms with E-state index in [1.54, 1.807) is 28.3 Å². The summed E-state index contributed by atoms with van der Waals surface area (Å²) in [6, 6.07) is 15.3. The summed E-state index contributed by atoms with van der Waals surface area (Å²) < 4.78 is 2.19. The summed E-state index contributed by atoms with van der Waals surface area (Å²) in [5.74, 6) is 0.533. The predicted molar refractivity (Wildman–Crippen MR) is 105 cm³/mol. The number of nitrogens with zero attached hydrogens (tertiary/aromatic N) is 3. The third-order valence-corrected chi connectivity index (χ3v) is 5.72. The van der Waals surface area contributed by atoms with Gasteiger partial charge in [-0.3, -0.25) is 4.79 Å². The van der Waals surface area contributed by atoms with Crippen molar-refractivity contribution in [2.24, 2.45) is 0 Å². The van der Waals surface area contributed by atoms with Crippen LogP contribution in [0.3, 0.4) is 0 Å². The number of thioether (sulfide) groups is 1. The molecule has 4 aromatic rings. The third kappa shape index (κ3) is 3.08. The van der Waals surface area contributed by atoms with Gasteiger partial charge in [-0.15, -0.1) is 22.0 Å². The number of hydrogen-bond donors (Lipinski definition) is 0.